The third kappa shape index (κ3) is 6.64. The second-order valence-electron chi connectivity index (χ2n) is 5.34. The first-order valence-electron chi connectivity index (χ1n) is 7.69. The van der Waals surface area contributed by atoms with E-state index >= 15 is 0 Å². The van der Waals surface area contributed by atoms with Gasteiger partial charge in [-0.2, -0.15) is 0 Å². The molecule has 0 radical (unpaired) electrons. The van der Waals surface area contributed by atoms with Gasteiger partial charge in [0.25, 0.3) is 0 Å². The fourth-order valence-electron chi connectivity index (χ4n) is 2.11. The quantitative estimate of drug-likeness (QED) is 0.681. The van der Waals surface area contributed by atoms with Gasteiger partial charge in [-0.15, -0.1) is 0 Å². The lowest BCUT2D eigenvalue weighted by molar-refractivity contribution is -0.116. The van der Waals surface area contributed by atoms with Crippen molar-refractivity contribution in [3.63, 3.8) is 0 Å². The number of hydrogen-bond acceptors (Lipinski definition) is 3. The number of carbonyl (C=O) groups is 2. The van der Waals surface area contributed by atoms with E-state index in [2.05, 4.69) is 10.6 Å². The molecule has 2 amide bonds. The second kappa shape index (κ2) is 9.30. The van der Waals surface area contributed by atoms with Crippen LogP contribution in [0.15, 0.2) is 42.5 Å². The van der Waals surface area contributed by atoms with Gasteiger partial charge in [0.15, 0.2) is 0 Å². The molecule has 132 valence electrons. The molecule has 0 spiro atoms. The molecule has 0 aliphatic rings. The summed E-state index contributed by atoms with van der Waals surface area (Å²) in [5, 5.41) is 6.43. The van der Waals surface area contributed by atoms with Gasteiger partial charge in [-0.25, -0.2) is 0 Å². The maximum atomic E-state index is 12.0. The smallest absolute Gasteiger partial charge is 0.224 e. The number of ether oxygens (including phenoxy) is 1. The number of benzene rings is 2. The first kappa shape index (κ1) is 19.1. The molecule has 0 saturated heterocycles. The van der Waals surface area contributed by atoms with E-state index in [1.165, 1.54) is 6.92 Å². The lowest BCUT2D eigenvalue weighted by Crippen LogP contribution is -2.13. The van der Waals surface area contributed by atoms with Gasteiger partial charge in [-0.1, -0.05) is 29.3 Å². The van der Waals surface area contributed by atoms with Gasteiger partial charge >= 0.3 is 0 Å². The topological polar surface area (TPSA) is 67.4 Å². The highest BCUT2D eigenvalue weighted by molar-refractivity contribution is 6.35. The summed E-state index contributed by atoms with van der Waals surface area (Å²) in [5.41, 5.74) is 1.25. The van der Waals surface area contributed by atoms with Gasteiger partial charge in [0.1, 0.15) is 5.75 Å². The maximum absolute atomic E-state index is 12.0. The molecule has 0 atom stereocenters. The number of hydrogen-bond donors (Lipinski definition) is 2. The molecule has 25 heavy (non-hydrogen) atoms. The summed E-state index contributed by atoms with van der Waals surface area (Å²) >= 11 is 11.8. The minimum Gasteiger partial charge on any atom is -0.492 e. The summed E-state index contributed by atoms with van der Waals surface area (Å²) in [7, 11) is 0. The average Bonchev–Trinajstić information content (AvgIpc) is 2.53. The fourth-order valence-corrected chi connectivity index (χ4v) is 2.57. The van der Waals surface area contributed by atoms with Crippen LogP contribution in [0.5, 0.6) is 5.75 Å². The third-order valence-electron chi connectivity index (χ3n) is 3.17. The van der Waals surface area contributed by atoms with Gasteiger partial charge in [-0.3, -0.25) is 9.59 Å². The van der Waals surface area contributed by atoms with E-state index in [9.17, 15) is 9.59 Å². The Labute approximate surface area is 156 Å². The summed E-state index contributed by atoms with van der Waals surface area (Å²) < 4.78 is 5.54. The first-order chi connectivity index (χ1) is 11.9. The standard InChI is InChI=1S/C18H18Cl2N2O3/c1-12(23)21-14-4-2-5-15(11-14)22-18(24)6-3-9-25-17-8-7-13(19)10-16(17)20/h2,4-5,7-8,10-11H,3,6,9H2,1H3,(H,21,23)(H,22,24). The Balaban J connectivity index is 1.76. The molecule has 0 saturated carbocycles. The Morgan fingerprint density at radius 1 is 1.04 bits per heavy atom. The van der Waals surface area contributed by atoms with Crippen LogP contribution in [0.25, 0.3) is 0 Å². The third-order valence-corrected chi connectivity index (χ3v) is 3.70. The van der Waals surface area contributed by atoms with Crippen LogP contribution in [0.2, 0.25) is 10.0 Å². The van der Waals surface area contributed by atoms with Crippen LogP contribution in [0.3, 0.4) is 0 Å². The molecule has 0 bridgehead atoms. The summed E-state index contributed by atoms with van der Waals surface area (Å²) in [4.78, 5) is 23.0. The minimum absolute atomic E-state index is 0.134. The molecule has 0 unspecified atom stereocenters. The van der Waals surface area contributed by atoms with Crippen molar-refractivity contribution in [3.05, 3.63) is 52.5 Å². The molecule has 0 heterocycles. The largest absolute Gasteiger partial charge is 0.492 e. The van der Waals surface area contributed by atoms with E-state index in [0.29, 0.717) is 46.6 Å². The molecular formula is C18H18Cl2N2O3. The zero-order valence-corrected chi connectivity index (χ0v) is 15.2. The Bertz CT molecular complexity index is 766. The van der Waals surface area contributed by atoms with Crippen molar-refractivity contribution in [3.8, 4) is 5.75 Å². The van der Waals surface area contributed by atoms with Gasteiger partial charge in [0.2, 0.25) is 11.8 Å². The highest BCUT2D eigenvalue weighted by atomic mass is 35.5. The summed E-state index contributed by atoms with van der Waals surface area (Å²) in [5.74, 6) is 0.238. The molecule has 0 aliphatic carbocycles. The molecule has 5 nitrogen and oxygen atoms in total. The Hall–Kier alpha value is -2.24. The average molecular weight is 381 g/mol. The first-order valence-corrected chi connectivity index (χ1v) is 8.45. The number of nitrogens with one attached hydrogen (secondary N) is 2. The van der Waals surface area contributed by atoms with Crippen molar-refractivity contribution in [2.75, 3.05) is 17.2 Å². The normalized spacial score (nSPS) is 10.2. The van der Waals surface area contributed by atoms with Gasteiger partial charge in [0, 0.05) is 29.7 Å². The van der Waals surface area contributed by atoms with Crippen molar-refractivity contribution < 1.29 is 14.3 Å². The molecule has 0 aromatic heterocycles. The van der Waals surface area contributed by atoms with E-state index < -0.39 is 0 Å². The predicted molar refractivity (Wildman–Crippen MR) is 101 cm³/mol. The molecule has 0 aliphatic heterocycles. The highest BCUT2D eigenvalue weighted by Gasteiger charge is 2.06. The van der Waals surface area contributed by atoms with E-state index in [1.54, 1.807) is 42.5 Å². The van der Waals surface area contributed by atoms with Crippen molar-refractivity contribution in [1.82, 2.24) is 0 Å². The van der Waals surface area contributed by atoms with Crippen LogP contribution < -0.4 is 15.4 Å². The van der Waals surface area contributed by atoms with E-state index in [-0.39, 0.29) is 11.8 Å². The number of carbonyl (C=O) groups excluding carboxylic acids is 2. The number of halogens is 2. The van der Waals surface area contributed by atoms with Crippen molar-refractivity contribution in [2.24, 2.45) is 0 Å². The van der Waals surface area contributed by atoms with Crippen molar-refractivity contribution in [2.45, 2.75) is 19.8 Å². The monoisotopic (exact) mass is 380 g/mol. The zero-order valence-electron chi connectivity index (χ0n) is 13.6. The van der Waals surface area contributed by atoms with E-state index in [1.807, 2.05) is 0 Å². The summed E-state index contributed by atoms with van der Waals surface area (Å²) in [6.07, 6.45) is 0.839. The highest BCUT2D eigenvalue weighted by Crippen LogP contribution is 2.27. The number of amides is 2. The Kier molecular flexibility index (Phi) is 7.10. The Morgan fingerprint density at radius 3 is 2.44 bits per heavy atom. The SMILES string of the molecule is CC(=O)Nc1cccc(NC(=O)CCCOc2ccc(Cl)cc2Cl)c1. The molecule has 2 rings (SSSR count). The molecule has 7 heteroatoms. The molecule has 0 fully saturated rings. The van der Waals surface area contributed by atoms with Crippen LogP contribution in [0.4, 0.5) is 11.4 Å². The number of rotatable bonds is 7. The molecule has 2 N–H and O–H groups in total. The van der Waals surface area contributed by atoms with Gasteiger partial charge < -0.3 is 15.4 Å². The van der Waals surface area contributed by atoms with Crippen LogP contribution >= 0.6 is 23.2 Å². The van der Waals surface area contributed by atoms with Crippen LogP contribution in [0, 0.1) is 0 Å². The maximum Gasteiger partial charge on any atom is 0.224 e. The van der Waals surface area contributed by atoms with Crippen molar-refractivity contribution in [1.29, 1.82) is 0 Å². The van der Waals surface area contributed by atoms with Crippen LogP contribution in [-0.2, 0) is 9.59 Å². The van der Waals surface area contributed by atoms with Gasteiger partial charge in [0.05, 0.1) is 11.6 Å². The molecule has 2 aromatic carbocycles. The fraction of sp³-hybridized carbons (Fsp3) is 0.222. The lowest BCUT2D eigenvalue weighted by atomic mass is 10.2. The summed E-state index contributed by atoms with van der Waals surface area (Å²) in [6, 6.07) is 12.0. The predicted octanol–water partition coefficient (Wildman–Crippen LogP) is 4.75. The van der Waals surface area contributed by atoms with Gasteiger partial charge in [-0.05, 0) is 42.8 Å². The van der Waals surface area contributed by atoms with Crippen molar-refractivity contribution >= 4 is 46.4 Å². The summed E-state index contributed by atoms with van der Waals surface area (Å²) in [6.45, 7) is 1.79. The van der Waals surface area contributed by atoms with E-state index in [4.69, 9.17) is 27.9 Å². The number of anilines is 2. The van der Waals surface area contributed by atoms with Crippen LogP contribution in [0.1, 0.15) is 19.8 Å². The van der Waals surface area contributed by atoms with Crippen LogP contribution in [-0.4, -0.2) is 18.4 Å². The Morgan fingerprint density at radius 2 is 1.76 bits per heavy atom. The minimum atomic E-state index is -0.165. The second-order valence-corrected chi connectivity index (χ2v) is 6.18. The molecular weight excluding hydrogens is 363 g/mol. The van der Waals surface area contributed by atoms with E-state index in [0.717, 1.165) is 0 Å². The lowest BCUT2D eigenvalue weighted by Gasteiger charge is -2.09. The zero-order chi connectivity index (χ0) is 18.2. The molecule has 2 aromatic rings.